The van der Waals surface area contributed by atoms with E-state index in [9.17, 15) is 0 Å². The highest BCUT2D eigenvalue weighted by Crippen LogP contribution is 2.28. The molecule has 2 aromatic rings. The van der Waals surface area contributed by atoms with E-state index >= 15 is 0 Å². The van der Waals surface area contributed by atoms with E-state index in [4.69, 9.17) is 13.9 Å². The van der Waals surface area contributed by atoms with Gasteiger partial charge in [-0.15, -0.1) is 24.0 Å². The largest absolute Gasteiger partial charge is 0.493 e. The molecule has 1 aromatic heterocycles. The smallest absolute Gasteiger partial charge is 0.191 e. The molecule has 0 aliphatic rings. The Labute approximate surface area is 185 Å². The number of aryl methyl sites for hydroxylation is 2. The minimum absolute atomic E-state index is 0. The molecule has 0 aliphatic carbocycles. The molecule has 1 unspecified atom stereocenters. The van der Waals surface area contributed by atoms with Crippen molar-refractivity contribution < 1.29 is 13.9 Å². The summed E-state index contributed by atoms with van der Waals surface area (Å²) in [5.41, 5.74) is 1.23. The average molecular weight is 501 g/mol. The fourth-order valence-corrected chi connectivity index (χ4v) is 2.80. The van der Waals surface area contributed by atoms with Gasteiger partial charge in [-0.3, -0.25) is 4.99 Å². The van der Waals surface area contributed by atoms with Crippen molar-refractivity contribution >= 4 is 29.9 Å². The molecule has 2 N–H and O–H groups in total. The third-order valence-electron chi connectivity index (χ3n) is 4.23. The van der Waals surface area contributed by atoms with E-state index in [1.54, 1.807) is 14.2 Å². The number of nitrogens with one attached hydrogen (secondary N) is 2. The zero-order valence-electron chi connectivity index (χ0n) is 17.4. The van der Waals surface area contributed by atoms with Crippen LogP contribution in [0.5, 0.6) is 11.5 Å². The fourth-order valence-electron chi connectivity index (χ4n) is 2.80. The molecule has 2 rings (SSSR count). The predicted octanol–water partition coefficient (Wildman–Crippen LogP) is 4.47. The lowest BCUT2D eigenvalue weighted by Crippen LogP contribution is -2.39. The summed E-state index contributed by atoms with van der Waals surface area (Å²) in [4.78, 5) is 4.28. The van der Waals surface area contributed by atoms with Crippen LogP contribution in [0.4, 0.5) is 0 Å². The monoisotopic (exact) mass is 501 g/mol. The summed E-state index contributed by atoms with van der Waals surface area (Å²) in [6.07, 6.45) is 1.92. The Hall–Kier alpha value is -1.90. The molecule has 0 saturated heterocycles. The van der Waals surface area contributed by atoms with Gasteiger partial charge >= 0.3 is 0 Å². The molecule has 0 radical (unpaired) electrons. The number of methoxy groups -OCH3 is 1. The Bertz CT molecular complexity index is 746. The van der Waals surface area contributed by atoms with E-state index in [1.165, 1.54) is 5.56 Å². The van der Waals surface area contributed by atoms with Crippen molar-refractivity contribution in [2.45, 2.75) is 39.7 Å². The zero-order chi connectivity index (χ0) is 19.6. The molecule has 28 heavy (non-hydrogen) atoms. The fraction of sp³-hybridized carbons (Fsp3) is 0.476. The van der Waals surface area contributed by atoms with Crippen molar-refractivity contribution in [1.29, 1.82) is 0 Å². The highest BCUT2D eigenvalue weighted by Gasteiger charge is 2.11. The van der Waals surface area contributed by atoms with Crippen molar-refractivity contribution in [3.63, 3.8) is 0 Å². The second-order valence-corrected chi connectivity index (χ2v) is 6.34. The van der Waals surface area contributed by atoms with Gasteiger partial charge in [0.2, 0.25) is 0 Å². The van der Waals surface area contributed by atoms with E-state index in [1.807, 2.05) is 32.0 Å². The van der Waals surface area contributed by atoms with E-state index in [0.29, 0.717) is 6.61 Å². The SMILES string of the molecule is CCOc1cc(CCCNC(=NC)NC(C)c2ccc(C)o2)ccc1OC.I. The van der Waals surface area contributed by atoms with Crippen molar-refractivity contribution in [2.24, 2.45) is 4.99 Å². The first kappa shape index (κ1) is 24.1. The van der Waals surface area contributed by atoms with Crippen LogP contribution in [0.25, 0.3) is 0 Å². The summed E-state index contributed by atoms with van der Waals surface area (Å²) in [6, 6.07) is 10.1. The Kier molecular flexibility index (Phi) is 10.8. The molecule has 0 amide bonds. The molecular formula is C21H32IN3O3. The van der Waals surface area contributed by atoms with E-state index in [-0.39, 0.29) is 30.0 Å². The van der Waals surface area contributed by atoms with Crippen LogP contribution < -0.4 is 20.1 Å². The van der Waals surface area contributed by atoms with Gasteiger partial charge in [0.1, 0.15) is 11.5 Å². The molecule has 156 valence electrons. The van der Waals surface area contributed by atoms with Gasteiger partial charge < -0.3 is 24.5 Å². The maximum Gasteiger partial charge on any atom is 0.191 e. The van der Waals surface area contributed by atoms with Gasteiger partial charge in [0, 0.05) is 13.6 Å². The number of ether oxygens (including phenoxy) is 2. The Morgan fingerprint density at radius 1 is 1.21 bits per heavy atom. The first-order chi connectivity index (χ1) is 13.1. The minimum Gasteiger partial charge on any atom is -0.493 e. The molecule has 1 atom stereocenters. The predicted molar refractivity (Wildman–Crippen MR) is 124 cm³/mol. The second-order valence-electron chi connectivity index (χ2n) is 6.34. The van der Waals surface area contributed by atoms with Crippen LogP contribution in [-0.4, -0.2) is 33.3 Å². The van der Waals surface area contributed by atoms with Crippen molar-refractivity contribution in [2.75, 3.05) is 27.3 Å². The maximum atomic E-state index is 5.66. The van der Waals surface area contributed by atoms with Gasteiger partial charge in [0.05, 0.1) is 19.8 Å². The van der Waals surface area contributed by atoms with Gasteiger partial charge in [0.25, 0.3) is 0 Å². The first-order valence-corrected chi connectivity index (χ1v) is 9.40. The number of hydrogen-bond acceptors (Lipinski definition) is 4. The minimum atomic E-state index is 0. The standard InChI is InChI=1S/C21H31N3O3.HI/c1-6-26-20-14-17(10-12-19(20)25-5)8-7-13-23-21(22-4)24-16(3)18-11-9-15(2)27-18;/h9-12,14,16H,6-8,13H2,1-5H3,(H2,22,23,24);1H. The highest BCUT2D eigenvalue weighted by atomic mass is 127. The summed E-state index contributed by atoms with van der Waals surface area (Å²) >= 11 is 0. The quantitative estimate of drug-likeness (QED) is 0.230. The molecule has 0 fully saturated rings. The lowest BCUT2D eigenvalue weighted by atomic mass is 10.1. The second kappa shape index (κ2) is 12.5. The van der Waals surface area contributed by atoms with Crippen LogP contribution >= 0.6 is 24.0 Å². The van der Waals surface area contributed by atoms with Crippen LogP contribution in [0, 0.1) is 6.92 Å². The van der Waals surface area contributed by atoms with E-state index < -0.39 is 0 Å². The Morgan fingerprint density at radius 2 is 2.00 bits per heavy atom. The van der Waals surface area contributed by atoms with Crippen molar-refractivity contribution in [3.05, 3.63) is 47.4 Å². The summed E-state index contributed by atoms with van der Waals surface area (Å²) in [5.74, 6) is 4.14. The van der Waals surface area contributed by atoms with Crippen LogP contribution in [0.15, 0.2) is 39.7 Å². The number of benzene rings is 1. The maximum absolute atomic E-state index is 5.66. The van der Waals surface area contributed by atoms with Crippen LogP contribution in [0.3, 0.4) is 0 Å². The third kappa shape index (κ3) is 7.26. The third-order valence-corrected chi connectivity index (χ3v) is 4.23. The molecule has 0 saturated carbocycles. The number of halogens is 1. The van der Waals surface area contributed by atoms with Gasteiger partial charge in [0.15, 0.2) is 17.5 Å². The Morgan fingerprint density at radius 3 is 2.61 bits per heavy atom. The average Bonchev–Trinajstić information content (AvgIpc) is 3.11. The lowest BCUT2D eigenvalue weighted by molar-refractivity contribution is 0.310. The van der Waals surface area contributed by atoms with Crippen molar-refractivity contribution in [3.8, 4) is 11.5 Å². The van der Waals surface area contributed by atoms with Crippen molar-refractivity contribution in [1.82, 2.24) is 10.6 Å². The number of rotatable bonds is 9. The summed E-state index contributed by atoms with van der Waals surface area (Å²) in [5, 5.41) is 6.70. The normalized spacial score (nSPS) is 12.1. The van der Waals surface area contributed by atoms with Crippen LogP contribution in [0.1, 0.15) is 43.4 Å². The highest BCUT2D eigenvalue weighted by molar-refractivity contribution is 14.0. The molecule has 1 heterocycles. The molecule has 0 aliphatic heterocycles. The van der Waals surface area contributed by atoms with E-state index in [2.05, 4.69) is 34.7 Å². The number of guanidine groups is 1. The van der Waals surface area contributed by atoms with Gasteiger partial charge in [-0.05, 0) is 63.4 Å². The number of furan rings is 1. The van der Waals surface area contributed by atoms with Crippen LogP contribution in [-0.2, 0) is 6.42 Å². The first-order valence-electron chi connectivity index (χ1n) is 9.40. The van der Waals surface area contributed by atoms with Gasteiger partial charge in [-0.2, -0.15) is 0 Å². The molecule has 6 nitrogen and oxygen atoms in total. The summed E-state index contributed by atoms with van der Waals surface area (Å²) < 4.78 is 16.6. The van der Waals surface area contributed by atoms with Gasteiger partial charge in [-0.25, -0.2) is 0 Å². The summed E-state index contributed by atoms with van der Waals surface area (Å²) in [7, 11) is 3.43. The number of hydrogen-bond donors (Lipinski definition) is 2. The lowest BCUT2D eigenvalue weighted by Gasteiger charge is -2.16. The molecule has 0 bridgehead atoms. The Balaban J connectivity index is 0.00000392. The molecule has 1 aromatic carbocycles. The van der Waals surface area contributed by atoms with E-state index in [0.717, 1.165) is 48.4 Å². The van der Waals surface area contributed by atoms with Crippen LogP contribution in [0.2, 0.25) is 0 Å². The molecular weight excluding hydrogens is 469 g/mol. The molecule has 0 spiro atoms. The zero-order valence-corrected chi connectivity index (χ0v) is 19.7. The number of aliphatic imine (C=N–C) groups is 1. The topological polar surface area (TPSA) is 68.0 Å². The van der Waals surface area contributed by atoms with Gasteiger partial charge in [-0.1, -0.05) is 6.07 Å². The number of nitrogens with zero attached hydrogens (tertiary/aromatic N) is 1. The molecule has 7 heteroatoms. The summed E-state index contributed by atoms with van der Waals surface area (Å²) in [6.45, 7) is 7.41.